The molecule has 1 aliphatic rings. The molecule has 20 heavy (non-hydrogen) atoms. The lowest BCUT2D eigenvalue weighted by Gasteiger charge is -2.16. The highest BCUT2D eigenvalue weighted by atomic mass is 16.4. The summed E-state index contributed by atoms with van der Waals surface area (Å²) in [6, 6.07) is 7.02. The lowest BCUT2D eigenvalue weighted by molar-refractivity contribution is 0.0932. The van der Waals surface area contributed by atoms with Gasteiger partial charge in [0.15, 0.2) is 5.84 Å². The molecule has 5 nitrogen and oxygen atoms in total. The zero-order valence-electron chi connectivity index (χ0n) is 11.7. The van der Waals surface area contributed by atoms with Crippen molar-refractivity contribution in [3.05, 3.63) is 35.4 Å². The second kappa shape index (κ2) is 6.41. The molecule has 1 fully saturated rings. The van der Waals surface area contributed by atoms with E-state index in [0.717, 1.165) is 18.8 Å². The zero-order chi connectivity index (χ0) is 14.5. The Morgan fingerprint density at radius 2 is 2.20 bits per heavy atom. The Balaban J connectivity index is 2.03. The molecule has 0 spiro atoms. The van der Waals surface area contributed by atoms with Crippen molar-refractivity contribution in [1.82, 2.24) is 5.32 Å². The minimum Gasteiger partial charge on any atom is -0.409 e. The van der Waals surface area contributed by atoms with Gasteiger partial charge in [0, 0.05) is 17.2 Å². The molecule has 1 aromatic carbocycles. The highest BCUT2D eigenvalue weighted by Gasteiger charge is 2.25. The molecule has 1 saturated carbocycles. The van der Waals surface area contributed by atoms with Gasteiger partial charge < -0.3 is 16.3 Å². The van der Waals surface area contributed by atoms with Crippen LogP contribution in [-0.4, -0.2) is 23.0 Å². The molecule has 1 unspecified atom stereocenters. The Hall–Kier alpha value is -2.04. The first-order chi connectivity index (χ1) is 9.63. The van der Waals surface area contributed by atoms with Crippen LogP contribution < -0.4 is 11.1 Å². The first kappa shape index (κ1) is 14.4. The number of nitrogens with two attached hydrogens (primary N) is 1. The molecular formula is C15H21N3O2. The van der Waals surface area contributed by atoms with Crippen molar-refractivity contribution < 1.29 is 10.0 Å². The number of carbonyl (C=O) groups is 1. The lowest BCUT2D eigenvalue weighted by atomic mass is 10.1. The van der Waals surface area contributed by atoms with Crippen LogP contribution in [0.4, 0.5) is 0 Å². The van der Waals surface area contributed by atoms with Crippen LogP contribution in [0.15, 0.2) is 29.4 Å². The van der Waals surface area contributed by atoms with Crippen LogP contribution in [0.2, 0.25) is 0 Å². The fraction of sp³-hybridized carbons (Fsp3) is 0.467. The van der Waals surface area contributed by atoms with Gasteiger partial charge in [0.1, 0.15) is 0 Å². The van der Waals surface area contributed by atoms with Crippen molar-refractivity contribution in [2.75, 3.05) is 0 Å². The van der Waals surface area contributed by atoms with E-state index in [-0.39, 0.29) is 17.8 Å². The third kappa shape index (κ3) is 3.73. The zero-order valence-corrected chi connectivity index (χ0v) is 11.7. The monoisotopic (exact) mass is 275 g/mol. The molecule has 1 aliphatic carbocycles. The first-order valence-electron chi connectivity index (χ1n) is 7.02. The summed E-state index contributed by atoms with van der Waals surface area (Å²) < 4.78 is 0. The largest absolute Gasteiger partial charge is 0.409 e. The van der Waals surface area contributed by atoms with Gasteiger partial charge >= 0.3 is 0 Å². The van der Waals surface area contributed by atoms with E-state index in [1.165, 1.54) is 12.8 Å². The molecule has 108 valence electrons. The van der Waals surface area contributed by atoms with Crippen LogP contribution >= 0.6 is 0 Å². The summed E-state index contributed by atoms with van der Waals surface area (Å²) in [4.78, 5) is 12.2. The van der Waals surface area contributed by atoms with Gasteiger partial charge in [0.25, 0.3) is 5.91 Å². The summed E-state index contributed by atoms with van der Waals surface area (Å²) in [5.41, 5.74) is 6.60. The molecule has 0 aromatic heterocycles. The fourth-order valence-electron chi connectivity index (χ4n) is 2.23. The van der Waals surface area contributed by atoms with Gasteiger partial charge in [-0.25, -0.2) is 0 Å². The Morgan fingerprint density at radius 3 is 2.80 bits per heavy atom. The highest BCUT2D eigenvalue weighted by Crippen LogP contribution is 2.34. The van der Waals surface area contributed by atoms with Crippen LogP contribution in [0.3, 0.4) is 0 Å². The highest BCUT2D eigenvalue weighted by molar-refractivity contribution is 6.01. The number of hydrogen-bond donors (Lipinski definition) is 3. The number of rotatable bonds is 6. The summed E-state index contributed by atoms with van der Waals surface area (Å²) in [7, 11) is 0. The van der Waals surface area contributed by atoms with E-state index in [1.54, 1.807) is 24.3 Å². The fourth-order valence-corrected chi connectivity index (χ4v) is 2.23. The normalized spacial score (nSPS) is 16.8. The summed E-state index contributed by atoms with van der Waals surface area (Å²) in [5.74, 6) is 0.679. The predicted molar refractivity (Wildman–Crippen MR) is 77.8 cm³/mol. The molecule has 1 amide bonds. The standard InChI is InChI=1S/C15H21N3O2/c1-2-13(8-10-6-7-10)17-15(19)12-5-3-4-11(9-12)14(16)18-20/h3-5,9-10,13,20H,2,6-8H2,1H3,(H2,16,18)(H,17,19). The Morgan fingerprint density at radius 1 is 1.50 bits per heavy atom. The van der Waals surface area contributed by atoms with Crippen molar-refractivity contribution >= 4 is 11.7 Å². The van der Waals surface area contributed by atoms with Gasteiger partial charge in [0.2, 0.25) is 0 Å². The molecule has 0 aliphatic heterocycles. The van der Waals surface area contributed by atoms with E-state index in [4.69, 9.17) is 10.9 Å². The van der Waals surface area contributed by atoms with Gasteiger partial charge in [-0.2, -0.15) is 0 Å². The third-order valence-electron chi connectivity index (χ3n) is 3.67. The molecule has 0 saturated heterocycles. The van der Waals surface area contributed by atoms with Crippen LogP contribution in [0.5, 0.6) is 0 Å². The molecule has 0 bridgehead atoms. The van der Waals surface area contributed by atoms with Crippen LogP contribution in [0.25, 0.3) is 0 Å². The Bertz CT molecular complexity index is 510. The van der Waals surface area contributed by atoms with Crippen molar-refractivity contribution in [2.24, 2.45) is 16.8 Å². The number of amidine groups is 1. The van der Waals surface area contributed by atoms with Gasteiger partial charge in [-0.05, 0) is 30.9 Å². The van der Waals surface area contributed by atoms with Crippen molar-refractivity contribution in [1.29, 1.82) is 0 Å². The number of carbonyl (C=O) groups excluding carboxylic acids is 1. The molecule has 2 rings (SSSR count). The minimum atomic E-state index is -0.106. The van der Waals surface area contributed by atoms with Crippen molar-refractivity contribution in [3.63, 3.8) is 0 Å². The lowest BCUT2D eigenvalue weighted by Crippen LogP contribution is -2.34. The summed E-state index contributed by atoms with van der Waals surface area (Å²) >= 11 is 0. The average molecular weight is 275 g/mol. The molecule has 0 heterocycles. The molecule has 5 heteroatoms. The number of benzene rings is 1. The molecule has 0 radical (unpaired) electrons. The summed E-state index contributed by atoms with van der Waals surface area (Å²) in [6.45, 7) is 2.08. The number of amides is 1. The molecule has 1 aromatic rings. The number of hydrogen-bond acceptors (Lipinski definition) is 3. The predicted octanol–water partition coefficient (Wildman–Crippen LogP) is 2.09. The first-order valence-corrected chi connectivity index (χ1v) is 7.02. The molecule has 4 N–H and O–H groups in total. The van der Waals surface area contributed by atoms with Crippen molar-refractivity contribution in [3.8, 4) is 0 Å². The second-order valence-corrected chi connectivity index (χ2v) is 5.32. The molecule has 1 atom stereocenters. The number of nitrogens with one attached hydrogen (secondary N) is 1. The summed E-state index contributed by atoms with van der Waals surface area (Å²) in [5, 5.41) is 14.7. The Kier molecular flexibility index (Phi) is 4.61. The smallest absolute Gasteiger partial charge is 0.251 e. The quantitative estimate of drug-likeness (QED) is 0.321. The van der Waals surface area contributed by atoms with E-state index < -0.39 is 0 Å². The third-order valence-corrected chi connectivity index (χ3v) is 3.67. The van der Waals surface area contributed by atoms with E-state index in [1.807, 2.05) is 0 Å². The van der Waals surface area contributed by atoms with Gasteiger partial charge in [0.05, 0.1) is 0 Å². The van der Waals surface area contributed by atoms with E-state index in [0.29, 0.717) is 11.1 Å². The van der Waals surface area contributed by atoms with Gasteiger partial charge in [-0.3, -0.25) is 4.79 Å². The van der Waals surface area contributed by atoms with Gasteiger partial charge in [-0.1, -0.05) is 37.1 Å². The SMILES string of the molecule is CCC(CC1CC1)NC(=O)c1cccc(C(N)=NO)c1. The maximum absolute atomic E-state index is 12.2. The average Bonchev–Trinajstić information content (AvgIpc) is 3.29. The number of nitrogens with zero attached hydrogens (tertiary/aromatic N) is 1. The minimum absolute atomic E-state index is 0.00433. The summed E-state index contributed by atoms with van der Waals surface area (Å²) in [6.07, 6.45) is 4.56. The van der Waals surface area contributed by atoms with Crippen LogP contribution in [0.1, 0.15) is 48.5 Å². The molecular weight excluding hydrogens is 254 g/mol. The van der Waals surface area contributed by atoms with Gasteiger partial charge in [-0.15, -0.1) is 0 Å². The number of oxime groups is 1. The maximum Gasteiger partial charge on any atom is 0.251 e. The van der Waals surface area contributed by atoms with Crippen molar-refractivity contribution in [2.45, 2.75) is 38.6 Å². The van der Waals surface area contributed by atoms with Crippen LogP contribution in [-0.2, 0) is 0 Å². The topological polar surface area (TPSA) is 87.7 Å². The van der Waals surface area contributed by atoms with E-state index in [9.17, 15) is 4.79 Å². The van der Waals surface area contributed by atoms with E-state index in [2.05, 4.69) is 17.4 Å². The van der Waals surface area contributed by atoms with E-state index >= 15 is 0 Å². The Labute approximate surface area is 118 Å². The second-order valence-electron chi connectivity index (χ2n) is 5.32. The van der Waals surface area contributed by atoms with Crippen LogP contribution in [0, 0.1) is 5.92 Å². The maximum atomic E-state index is 12.2.